The number of aryl methyl sites for hydroxylation is 4. The molecule has 210 valence electrons. The number of nitrogens with zero attached hydrogens (tertiary/aromatic N) is 2. The Balaban J connectivity index is 1.37. The van der Waals surface area contributed by atoms with Gasteiger partial charge in [-0.05, 0) is 132 Å². The molecule has 2 aliphatic rings. The number of rotatable bonds is 2. The number of aromatic nitrogens is 2. The average molecular weight is 694 g/mol. The van der Waals surface area contributed by atoms with E-state index in [9.17, 15) is 0 Å². The van der Waals surface area contributed by atoms with E-state index in [1.807, 2.05) is 0 Å². The molecule has 10 rings (SSSR count). The first kappa shape index (κ1) is 25.2. The zero-order chi connectivity index (χ0) is 29.1. The van der Waals surface area contributed by atoms with Crippen LogP contribution >= 0.6 is 31.9 Å². The van der Waals surface area contributed by atoms with E-state index >= 15 is 0 Å². The van der Waals surface area contributed by atoms with Crippen LogP contribution in [0.2, 0.25) is 0 Å². The molecule has 0 N–H and O–H groups in total. The third-order valence-corrected chi connectivity index (χ3v) is 10.9. The fraction of sp³-hybridized carbons (Fsp3) is 0.100. The molecular formula is C40H26Br2N2. The Bertz CT molecular complexity index is 2320. The predicted octanol–water partition coefficient (Wildman–Crippen LogP) is 11.3. The summed E-state index contributed by atoms with van der Waals surface area (Å²) in [6.07, 6.45) is 4.19. The average Bonchev–Trinajstić information content (AvgIpc) is 3.56. The van der Waals surface area contributed by atoms with E-state index in [0.717, 1.165) is 34.6 Å². The van der Waals surface area contributed by atoms with Crippen LogP contribution in [0, 0.1) is 0 Å². The molecule has 2 aliphatic carbocycles. The van der Waals surface area contributed by atoms with E-state index in [1.165, 1.54) is 88.4 Å². The van der Waals surface area contributed by atoms with Gasteiger partial charge < -0.3 is 9.13 Å². The van der Waals surface area contributed by atoms with Crippen LogP contribution in [0.5, 0.6) is 0 Å². The maximum absolute atomic E-state index is 3.78. The summed E-state index contributed by atoms with van der Waals surface area (Å²) in [6.45, 7) is 0. The van der Waals surface area contributed by atoms with Gasteiger partial charge in [-0.2, -0.15) is 0 Å². The van der Waals surface area contributed by atoms with Crippen LogP contribution in [0.1, 0.15) is 22.3 Å². The highest BCUT2D eigenvalue weighted by Crippen LogP contribution is 2.51. The summed E-state index contributed by atoms with van der Waals surface area (Å²) in [5.74, 6) is 0. The normalized spacial score (nSPS) is 13.8. The molecule has 4 heteroatoms. The molecular weight excluding hydrogens is 668 g/mol. The lowest BCUT2D eigenvalue weighted by Crippen LogP contribution is -2.16. The van der Waals surface area contributed by atoms with Gasteiger partial charge in [-0.3, -0.25) is 0 Å². The first-order valence-corrected chi connectivity index (χ1v) is 16.9. The van der Waals surface area contributed by atoms with Gasteiger partial charge in [0.25, 0.3) is 0 Å². The van der Waals surface area contributed by atoms with Crippen molar-refractivity contribution in [2.24, 2.45) is 0 Å². The molecule has 44 heavy (non-hydrogen) atoms. The minimum Gasteiger partial charge on any atom is -0.309 e. The topological polar surface area (TPSA) is 9.86 Å². The number of benzene rings is 6. The molecule has 0 spiro atoms. The summed E-state index contributed by atoms with van der Waals surface area (Å²) < 4.78 is 7.28. The van der Waals surface area contributed by atoms with Gasteiger partial charge in [0.1, 0.15) is 0 Å². The van der Waals surface area contributed by atoms with Crippen LogP contribution in [0.25, 0.3) is 66.1 Å². The first-order valence-electron chi connectivity index (χ1n) is 15.3. The summed E-state index contributed by atoms with van der Waals surface area (Å²) in [5.41, 5.74) is 16.7. The summed E-state index contributed by atoms with van der Waals surface area (Å²) in [4.78, 5) is 0. The third kappa shape index (κ3) is 3.36. The number of para-hydroxylation sites is 2. The molecule has 0 fully saturated rings. The van der Waals surface area contributed by atoms with Crippen molar-refractivity contribution in [3.63, 3.8) is 0 Å². The minimum absolute atomic E-state index is 1.04. The Hall–Kier alpha value is -4.12. The third-order valence-electron chi connectivity index (χ3n) is 9.96. The second kappa shape index (κ2) is 9.20. The lowest BCUT2D eigenvalue weighted by Gasteiger charge is -2.31. The molecule has 8 aromatic rings. The molecule has 0 unspecified atom stereocenters. The number of fused-ring (bicyclic) bond motifs is 8. The lowest BCUT2D eigenvalue weighted by molar-refractivity contribution is 0.883. The number of halogens is 2. The lowest BCUT2D eigenvalue weighted by atomic mass is 9.74. The van der Waals surface area contributed by atoms with Crippen molar-refractivity contribution in [2.75, 3.05) is 0 Å². The Morgan fingerprint density at radius 2 is 0.864 bits per heavy atom. The second-order valence-corrected chi connectivity index (χ2v) is 14.1. The molecule has 0 saturated carbocycles. The van der Waals surface area contributed by atoms with Crippen LogP contribution in [-0.2, 0) is 25.7 Å². The number of hydrogen-bond donors (Lipinski definition) is 0. The van der Waals surface area contributed by atoms with Gasteiger partial charge in [0.05, 0.1) is 22.1 Å². The van der Waals surface area contributed by atoms with E-state index in [1.54, 1.807) is 0 Å². The largest absolute Gasteiger partial charge is 0.309 e. The van der Waals surface area contributed by atoms with E-state index in [2.05, 4.69) is 150 Å². The molecule has 0 saturated heterocycles. The molecule has 0 amide bonds. The van der Waals surface area contributed by atoms with Crippen molar-refractivity contribution in [3.05, 3.63) is 140 Å². The fourth-order valence-corrected chi connectivity index (χ4v) is 9.02. The van der Waals surface area contributed by atoms with Crippen LogP contribution < -0.4 is 0 Å². The van der Waals surface area contributed by atoms with Gasteiger partial charge in [0.15, 0.2) is 0 Å². The Kier molecular flexibility index (Phi) is 5.27. The molecule has 2 nitrogen and oxygen atoms in total. The molecule has 0 radical (unpaired) electrons. The Morgan fingerprint density at radius 1 is 0.432 bits per heavy atom. The molecule has 0 aliphatic heterocycles. The summed E-state index contributed by atoms with van der Waals surface area (Å²) in [6, 6.07) is 40.4. The van der Waals surface area contributed by atoms with Gasteiger partial charge >= 0.3 is 0 Å². The van der Waals surface area contributed by atoms with Gasteiger partial charge in [-0.15, -0.1) is 0 Å². The van der Waals surface area contributed by atoms with Gasteiger partial charge in [0.2, 0.25) is 0 Å². The van der Waals surface area contributed by atoms with Crippen LogP contribution in [0.3, 0.4) is 0 Å². The SMILES string of the molecule is Brc1ccc2c(c1)c1cc3c4c(c1n2-c1ccccc1)CCc1cc2c5cc(Br)ccc5n(-c5ccccc5)c2c(c1-4)CC3. The predicted molar refractivity (Wildman–Crippen MR) is 191 cm³/mol. The zero-order valence-electron chi connectivity index (χ0n) is 23.9. The minimum atomic E-state index is 1.04. The van der Waals surface area contributed by atoms with Crippen molar-refractivity contribution in [2.45, 2.75) is 25.7 Å². The molecule has 0 atom stereocenters. The maximum atomic E-state index is 3.78. The monoisotopic (exact) mass is 692 g/mol. The van der Waals surface area contributed by atoms with Crippen molar-refractivity contribution in [3.8, 4) is 22.5 Å². The van der Waals surface area contributed by atoms with Gasteiger partial charge in [-0.25, -0.2) is 0 Å². The van der Waals surface area contributed by atoms with E-state index < -0.39 is 0 Å². The Labute approximate surface area is 271 Å². The molecule has 6 aromatic carbocycles. The van der Waals surface area contributed by atoms with Crippen LogP contribution in [-0.4, -0.2) is 9.13 Å². The van der Waals surface area contributed by atoms with Crippen molar-refractivity contribution in [1.82, 2.24) is 9.13 Å². The standard InChI is InChI=1S/C40H26Br2N2/c41-25-13-17-35-31(21-25)33-19-23-12-16-30-38-24(11-15-29(37(23)38)39(33)43(35)27-7-3-1-4-8-27)20-34-32-22-26(42)14-18-36(32)44(40(30)34)28-9-5-2-6-10-28/h1-10,13-14,17-22H,11-12,15-16H2. The smallest absolute Gasteiger partial charge is 0.0579 e. The fourth-order valence-electron chi connectivity index (χ4n) is 8.29. The van der Waals surface area contributed by atoms with Crippen molar-refractivity contribution >= 4 is 75.5 Å². The van der Waals surface area contributed by atoms with Crippen LogP contribution in [0.4, 0.5) is 0 Å². The van der Waals surface area contributed by atoms with E-state index in [0.29, 0.717) is 0 Å². The number of hydrogen-bond acceptors (Lipinski definition) is 0. The highest BCUT2D eigenvalue weighted by molar-refractivity contribution is 9.10. The molecule has 2 aromatic heterocycles. The summed E-state index contributed by atoms with van der Waals surface area (Å²) >= 11 is 7.56. The summed E-state index contributed by atoms with van der Waals surface area (Å²) in [5, 5.41) is 5.38. The van der Waals surface area contributed by atoms with Crippen molar-refractivity contribution < 1.29 is 0 Å². The molecule has 2 heterocycles. The van der Waals surface area contributed by atoms with Gasteiger partial charge in [-0.1, -0.05) is 68.3 Å². The second-order valence-electron chi connectivity index (χ2n) is 12.2. The van der Waals surface area contributed by atoms with E-state index in [4.69, 9.17) is 0 Å². The first-order chi connectivity index (χ1) is 21.7. The van der Waals surface area contributed by atoms with Crippen LogP contribution in [0.15, 0.2) is 118 Å². The highest BCUT2D eigenvalue weighted by Gasteiger charge is 2.32. The quantitative estimate of drug-likeness (QED) is 0.171. The molecule has 0 bridgehead atoms. The van der Waals surface area contributed by atoms with E-state index in [-0.39, 0.29) is 0 Å². The van der Waals surface area contributed by atoms with Gasteiger partial charge in [0, 0.05) is 41.9 Å². The Morgan fingerprint density at radius 3 is 1.30 bits per heavy atom. The summed E-state index contributed by atoms with van der Waals surface area (Å²) in [7, 11) is 0. The highest BCUT2D eigenvalue weighted by atomic mass is 79.9. The zero-order valence-corrected chi connectivity index (χ0v) is 27.0. The maximum Gasteiger partial charge on any atom is 0.0579 e. The van der Waals surface area contributed by atoms with Crippen molar-refractivity contribution in [1.29, 1.82) is 0 Å².